The molecule has 2 atom stereocenters. The summed E-state index contributed by atoms with van der Waals surface area (Å²) in [5.74, 6) is -0.659. The second-order valence-electron chi connectivity index (χ2n) is 5.82. The van der Waals surface area contributed by atoms with Gasteiger partial charge in [0.05, 0.1) is 0 Å². The molecule has 0 heterocycles. The SMILES string of the molecule is COCCC(NC(=O)C(C)CC1CCCCC1)C(=O)O. The van der Waals surface area contributed by atoms with E-state index in [9.17, 15) is 9.59 Å². The zero-order valence-electron chi connectivity index (χ0n) is 12.6. The van der Waals surface area contributed by atoms with Crippen molar-refractivity contribution < 1.29 is 19.4 Å². The number of hydrogen-bond donors (Lipinski definition) is 2. The van der Waals surface area contributed by atoms with E-state index in [4.69, 9.17) is 9.84 Å². The lowest BCUT2D eigenvalue weighted by atomic mass is 9.83. The zero-order valence-corrected chi connectivity index (χ0v) is 12.6. The lowest BCUT2D eigenvalue weighted by molar-refractivity contribution is -0.143. The summed E-state index contributed by atoms with van der Waals surface area (Å²) >= 11 is 0. The van der Waals surface area contributed by atoms with Crippen molar-refractivity contribution >= 4 is 11.9 Å². The molecule has 0 bridgehead atoms. The Bertz CT molecular complexity index is 313. The Balaban J connectivity index is 2.39. The predicted molar refractivity (Wildman–Crippen MR) is 76.4 cm³/mol. The Kier molecular flexibility index (Phi) is 7.59. The third-order valence-corrected chi connectivity index (χ3v) is 4.08. The molecule has 116 valence electrons. The minimum absolute atomic E-state index is 0.123. The van der Waals surface area contributed by atoms with Gasteiger partial charge < -0.3 is 15.2 Å². The van der Waals surface area contributed by atoms with Crippen LogP contribution in [0, 0.1) is 11.8 Å². The Morgan fingerprint density at radius 1 is 1.30 bits per heavy atom. The van der Waals surface area contributed by atoms with Gasteiger partial charge in [-0.3, -0.25) is 4.79 Å². The van der Waals surface area contributed by atoms with E-state index in [2.05, 4.69) is 5.32 Å². The van der Waals surface area contributed by atoms with Crippen LogP contribution in [0.1, 0.15) is 51.9 Å². The predicted octanol–water partition coefficient (Wildman–Crippen LogP) is 2.20. The summed E-state index contributed by atoms with van der Waals surface area (Å²) in [7, 11) is 1.52. The Hall–Kier alpha value is -1.10. The summed E-state index contributed by atoms with van der Waals surface area (Å²) in [6, 6.07) is -0.851. The Morgan fingerprint density at radius 3 is 2.50 bits per heavy atom. The largest absolute Gasteiger partial charge is 0.480 e. The van der Waals surface area contributed by atoms with Crippen molar-refractivity contribution in [2.45, 2.75) is 57.9 Å². The molecule has 2 N–H and O–H groups in total. The van der Waals surface area contributed by atoms with Gasteiger partial charge in [0.25, 0.3) is 0 Å². The molecule has 1 aliphatic rings. The molecule has 20 heavy (non-hydrogen) atoms. The van der Waals surface area contributed by atoms with Crippen LogP contribution in [0.15, 0.2) is 0 Å². The maximum atomic E-state index is 12.1. The van der Waals surface area contributed by atoms with Crippen molar-refractivity contribution in [1.29, 1.82) is 0 Å². The molecule has 1 rings (SSSR count). The molecular formula is C15H27NO4. The summed E-state index contributed by atoms with van der Waals surface area (Å²) in [6.07, 6.45) is 7.37. The summed E-state index contributed by atoms with van der Waals surface area (Å²) in [5.41, 5.74) is 0. The number of carbonyl (C=O) groups excluding carboxylic acids is 1. The van der Waals surface area contributed by atoms with E-state index < -0.39 is 12.0 Å². The standard InChI is InChI=1S/C15H27NO4/c1-11(10-12-6-4-3-5-7-12)14(17)16-13(15(18)19)8-9-20-2/h11-13H,3-10H2,1-2H3,(H,16,17)(H,18,19). The highest BCUT2D eigenvalue weighted by molar-refractivity contribution is 5.84. The van der Waals surface area contributed by atoms with Crippen molar-refractivity contribution in [1.82, 2.24) is 5.32 Å². The number of nitrogens with one attached hydrogen (secondary N) is 1. The minimum atomic E-state index is -1.000. The van der Waals surface area contributed by atoms with Gasteiger partial charge in [-0.1, -0.05) is 39.0 Å². The molecule has 1 fully saturated rings. The van der Waals surface area contributed by atoms with Crippen LogP contribution in [-0.4, -0.2) is 36.7 Å². The molecule has 0 aromatic heterocycles. The summed E-state index contributed by atoms with van der Waals surface area (Å²) in [6.45, 7) is 2.22. The Morgan fingerprint density at radius 2 is 1.95 bits per heavy atom. The first-order valence-electron chi connectivity index (χ1n) is 7.56. The molecule has 1 aliphatic carbocycles. The first kappa shape index (κ1) is 17.0. The first-order valence-corrected chi connectivity index (χ1v) is 7.56. The second kappa shape index (κ2) is 8.95. The number of aliphatic carboxylic acids is 1. The fourth-order valence-corrected chi connectivity index (χ4v) is 2.84. The number of methoxy groups -OCH3 is 1. The normalized spacial score (nSPS) is 19.3. The molecule has 5 heteroatoms. The number of rotatable bonds is 8. The van der Waals surface area contributed by atoms with E-state index in [1.165, 1.54) is 39.2 Å². The van der Waals surface area contributed by atoms with Crippen LogP contribution in [-0.2, 0) is 14.3 Å². The molecule has 0 aliphatic heterocycles. The van der Waals surface area contributed by atoms with Gasteiger partial charge >= 0.3 is 5.97 Å². The highest BCUT2D eigenvalue weighted by atomic mass is 16.5. The molecular weight excluding hydrogens is 258 g/mol. The van der Waals surface area contributed by atoms with Crippen molar-refractivity contribution in [3.8, 4) is 0 Å². The van der Waals surface area contributed by atoms with Gasteiger partial charge in [0.2, 0.25) is 5.91 Å². The van der Waals surface area contributed by atoms with Crippen LogP contribution in [0.2, 0.25) is 0 Å². The monoisotopic (exact) mass is 285 g/mol. The molecule has 2 unspecified atom stereocenters. The molecule has 0 aromatic carbocycles. The van der Waals surface area contributed by atoms with Crippen LogP contribution >= 0.6 is 0 Å². The second-order valence-corrected chi connectivity index (χ2v) is 5.82. The number of hydrogen-bond acceptors (Lipinski definition) is 3. The fraction of sp³-hybridized carbons (Fsp3) is 0.867. The fourth-order valence-electron chi connectivity index (χ4n) is 2.84. The maximum Gasteiger partial charge on any atom is 0.326 e. The van der Waals surface area contributed by atoms with E-state index in [1.54, 1.807) is 0 Å². The van der Waals surface area contributed by atoms with Gasteiger partial charge in [0, 0.05) is 26.1 Å². The molecule has 0 saturated heterocycles. The van der Waals surface area contributed by atoms with Crippen molar-refractivity contribution in [2.24, 2.45) is 11.8 Å². The van der Waals surface area contributed by atoms with E-state index in [-0.39, 0.29) is 11.8 Å². The lowest BCUT2D eigenvalue weighted by Crippen LogP contribution is -2.44. The summed E-state index contributed by atoms with van der Waals surface area (Å²) in [4.78, 5) is 23.2. The number of carboxylic acids is 1. The number of carboxylic acid groups (broad SMARTS) is 1. The highest BCUT2D eigenvalue weighted by Gasteiger charge is 2.25. The average Bonchev–Trinajstić information content (AvgIpc) is 2.43. The van der Waals surface area contributed by atoms with E-state index in [1.807, 2.05) is 6.92 Å². The van der Waals surface area contributed by atoms with Crippen molar-refractivity contribution in [3.05, 3.63) is 0 Å². The molecule has 0 spiro atoms. The van der Waals surface area contributed by atoms with Crippen LogP contribution < -0.4 is 5.32 Å². The van der Waals surface area contributed by atoms with Gasteiger partial charge in [-0.15, -0.1) is 0 Å². The number of ether oxygens (including phenoxy) is 1. The molecule has 5 nitrogen and oxygen atoms in total. The number of carbonyl (C=O) groups is 2. The first-order chi connectivity index (χ1) is 9.54. The average molecular weight is 285 g/mol. The minimum Gasteiger partial charge on any atom is -0.480 e. The van der Waals surface area contributed by atoms with Gasteiger partial charge in [0.1, 0.15) is 6.04 Å². The molecule has 1 saturated carbocycles. The molecule has 0 aromatic rings. The van der Waals surface area contributed by atoms with Crippen LogP contribution in [0.25, 0.3) is 0 Å². The van der Waals surface area contributed by atoms with E-state index in [0.717, 1.165) is 6.42 Å². The van der Waals surface area contributed by atoms with Crippen LogP contribution in [0.4, 0.5) is 0 Å². The van der Waals surface area contributed by atoms with Crippen LogP contribution in [0.3, 0.4) is 0 Å². The van der Waals surface area contributed by atoms with Gasteiger partial charge in [-0.05, 0) is 12.3 Å². The van der Waals surface area contributed by atoms with Crippen molar-refractivity contribution in [3.63, 3.8) is 0 Å². The topological polar surface area (TPSA) is 75.6 Å². The van der Waals surface area contributed by atoms with Gasteiger partial charge in [-0.25, -0.2) is 4.79 Å². The van der Waals surface area contributed by atoms with E-state index >= 15 is 0 Å². The third-order valence-electron chi connectivity index (χ3n) is 4.08. The van der Waals surface area contributed by atoms with Crippen molar-refractivity contribution in [2.75, 3.05) is 13.7 Å². The van der Waals surface area contributed by atoms with E-state index in [0.29, 0.717) is 18.9 Å². The number of amides is 1. The van der Waals surface area contributed by atoms with Crippen LogP contribution in [0.5, 0.6) is 0 Å². The smallest absolute Gasteiger partial charge is 0.326 e. The lowest BCUT2D eigenvalue weighted by Gasteiger charge is -2.25. The summed E-state index contributed by atoms with van der Waals surface area (Å²) < 4.78 is 4.87. The maximum absolute atomic E-state index is 12.1. The third kappa shape index (κ3) is 5.90. The highest BCUT2D eigenvalue weighted by Crippen LogP contribution is 2.29. The van der Waals surface area contributed by atoms with Gasteiger partial charge in [0.15, 0.2) is 0 Å². The molecule has 0 radical (unpaired) electrons. The quantitative estimate of drug-likeness (QED) is 0.717. The summed E-state index contributed by atoms with van der Waals surface area (Å²) in [5, 5.41) is 11.7. The van der Waals surface area contributed by atoms with Gasteiger partial charge in [-0.2, -0.15) is 0 Å². The Labute approximate surface area is 121 Å². The molecule has 1 amide bonds. The zero-order chi connectivity index (χ0) is 15.0.